The van der Waals surface area contributed by atoms with Crippen molar-refractivity contribution in [3.05, 3.63) is 27.4 Å². The molecule has 0 aliphatic rings. The van der Waals surface area contributed by atoms with Crippen LogP contribution in [0.1, 0.15) is 0 Å². The molecule has 1 rings (SSSR count). The predicted molar refractivity (Wildman–Crippen MR) is 46.0 cm³/mol. The van der Waals surface area contributed by atoms with Crippen LogP contribution >= 0.6 is 12.2 Å². The largest absolute Gasteiger partial charge is 0.339 e. The molecule has 1 aromatic heterocycles. The lowest BCUT2D eigenvalue weighted by molar-refractivity contribution is 0.0689. The second-order valence-electron chi connectivity index (χ2n) is 2.06. The zero-order valence-electron chi connectivity index (χ0n) is 6.53. The summed E-state index contributed by atoms with van der Waals surface area (Å²) in [6.07, 6.45) is 1.51. The van der Waals surface area contributed by atoms with Crippen molar-refractivity contribution in [2.45, 2.75) is 6.67 Å². The van der Waals surface area contributed by atoms with Crippen molar-refractivity contribution >= 4 is 12.2 Å². The molecule has 0 aliphatic heterocycles. The van der Waals surface area contributed by atoms with Crippen LogP contribution in [0.4, 0.5) is 0 Å². The standard InChI is InChI=1S/C6H9N3O2S/c1-11-8-4-9-5(10)2-3-7-6(9)12/h2-3,8H,4H2,1H3,(H,7,12). The summed E-state index contributed by atoms with van der Waals surface area (Å²) in [6, 6.07) is 1.40. The Labute approximate surface area is 73.9 Å². The van der Waals surface area contributed by atoms with Gasteiger partial charge in [0.15, 0.2) is 4.77 Å². The molecule has 5 nitrogen and oxygen atoms in total. The van der Waals surface area contributed by atoms with Crippen molar-refractivity contribution in [3.63, 3.8) is 0 Å². The van der Waals surface area contributed by atoms with E-state index >= 15 is 0 Å². The van der Waals surface area contributed by atoms with E-state index in [0.717, 1.165) is 0 Å². The van der Waals surface area contributed by atoms with Gasteiger partial charge in [-0.25, -0.2) is 0 Å². The molecule has 0 saturated carbocycles. The molecule has 0 atom stereocenters. The van der Waals surface area contributed by atoms with Crippen LogP contribution < -0.4 is 11.0 Å². The summed E-state index contributed by atoms with van der Waals surface area (Å²) in [5, 5.41) is 0. The fraction of sp³-hybridized carbons (Fsp3) is 0.333. The molecule has 0 saturated heterocycles. The first-order valence-corrected chi connectivity index (χ1v) is 3.71. The topological polar surface area (TPSA) is 59.0 Å². The first-order chi connectivity index (χ1) is 5.75. The van der Waals surface area contributed by atoms with Crippen molar-refractivity contribution in [2.24, 2.45) is 0 Å². The second-order valence-corrected chi connectivity index (χ2v) is 2.44. The summed E-state index contributed by atoms with van der Waals surface area (Å²) in [4.78, 5) is 18.4. The van der Waals surface area contributed by atoms with E-state index in [-0.39, 0.29) is 12.2 Å². The summed E-state index contributed by atoms with van der Waals surface area (Å²) in [6.45, 7) is 0.242. The van der Waals surface area contributed by atoms with Gasteiger partial charge >= 0.3 is 0 Å². The Morgan fingerprint density at radius 1 is 1.83 bits per heavy atom. The smallest absolute Gasteiger partial charge is 0.255 e. The summed E-state index contributed by atoms with van der Waals surface area (Å²) < 4.78 is 1.71. The Kier molecular flexibility index (Phi) is 3.15. The van der Waals surface area contributed by atoms with Crippen LogP contribution in [0, 0.1) is 4.77 Å². The van der Waals surface area contributed by atoms with Crippen LogP contribution in [-0.2, 0) is 11.5 Å². The third-order valence-electron chi connectivity index (χ3n) is 1.31. The maximum absolute atomic E-state index is 11.1. The predicted octanol–water partition coefficient (Wildman–Crippen LogP) is 0.0144. The molecule has 2 N–H and O–H groups in total. The zero-order chi connectivity index (χ0) is 8.97. The number of aromatic nitrogens is 2. The molecule has 0 spiro atoms. The molecule has 6 heteroatoms. The molecule has 0 aliphatic carbocycles. The summed E-state index contributed by atoms with van der Waals surface area (Å²) in [5.74, 6) is 0. The van der Waals surface area contributed by atoms with Gasteiger partial charge in [-0.3, -0.25) is 9.36 Å². The van der Waals surface area contributed by atoms with Crippen LogP contribution in [0.2, 0.25) is 0 Å². The number of hydroxylamine groups is 1. The van der Waals surface area contributed by atoms with Crippen LogP contribution in [0.15, 0.2) is 17.1 Å². The Morgan fingerprint density at radius 2 is 2.58 bits per heavy atom. The van der Waals surface area contributed by atoms with Crippen LogP contribution in [-0.4, -0.2) is 16.7 Å². The van der Waals surface area contributed by atoms with Crippen molar-refractivity contribution in [3.8, 4) is 0 Å². The van der Waals surface area contributed by atoms with Crippen LogP contribution in [0.5, 0.6) is 0 Å². The van der Waals surface area contributed by atoms with Gasteiger partial charge in [-0.15, -0.1) is 0 Å². The Morgan fingerprint density at radius 3 is 3.17 bits per heavy atom. The lowest BCUT2D eigenvalue weighted by atomic mass is 10.6. The molecule has 1 heterocycles. The van der Waals surface area contributed by atoms with Crippen molar-refractivity contribution in [2.75, 3.05) is 7.11 Å². The van der Waals surface area contributed by atoms with E-state index in [1.807, 2.05) is 0 Å². The fourth-order valence-electron chi connectivity index (χ4n) is 0.731. The molecular formula is C6H9N3O2S. The maximum Gasteiger partial charge on any atom is 0.255 e. The first-order valence-electron chi connectivity index (χ1n) is 3.30. The number of nitrogens with one attached hydrogen (secondary N) is 2. The highest BCUT2D eigenvalue weighted by Crippen LogP contribution is 1.80. The van der Waals surface area contributed by atoms with E-state index in [2.05, 4.69) is 15.3 Å². The van der Waals surface area contributed by atoms with Gasteiger partial charge in [-0.2, -0.15) is 5.48 Å². The van der Waals surface area contributed by atoms with E-state index in [1.165, 1.54) is 23.9 Å². The van der Waals surface area contributed by atoms with E-state index in [0.29, 0.717) is 4.77 Å². The third-order valence-corrected chi connectivity index (χ3v) is 1.65. The number of nitrogens with zero attached hydrogens (tertiary/aromatic N) is 1. The maximum atomic E-state index is 11.1. The average Bonchev–Trinajstić information content (AvgIpc) is 2.04. The van der Waals surface area contributed by atoms with Gasteiger partial charge in [-0.1, -0.05) is 0 Å². The molecule has 0 amide bonds. The summed E-state index contributed by atoms with van der Waals surface area (Å²) in [7, 11) is 1.47. The van der Waals surface area contributed by atoms with Gasteiger partial charge < -0.3 is 9.82 Å². The third kappa shape index (κ3) is 2.00. The Balaban J connectivity index is 2.97. The molecule has 0 unspecified atom stereocenters. The molecule has 1 aromatic rings. The van der Waals surface area contributed by atoms with Gasteiger partial charge in [0.1, 0.15) is 6.67 Å². The van der Waals surface area contributed by atoms with Crippen molar-refractivity contribution in [1.29, 1.82) is 0 Å². The second kappa shape index (κ2) is 4.15. The minimum Gasteiger partial charge on any atom is -0.339 e. The van der Waals surface area contributed by atoms with Gasteiger partial charge in [0.25, 0.3) is 5.56 Å². The highest BCUT2D eigenvalue weighted by molar-refractivity contribution is 7.71. The molecular weight excluding hydrogens is 178 g/mol. The first kappa shape index (κ1) is 9.11. The number of hydrogen-bond acceptors (Lipinski definition) is 4. The highest BCUT2D eigenvalue weighted by Gasteiger charge is 1.94. The highest BCUT2D eigenvalue weighted by atomic mass is 32.1. The monoisotopic (exact) mass is 187 g/mol. The van der Waals surface area contributed by atoms with Crippen LogP contribution in [0.3, 0.4) is 0 Å². The fourth-order valence-corrected chi connectivity index (χ4v) is 0.954. The lowest BCUT2D eigenvalue weighted by Gasteiger charge is -2.04. The average molecular weight is 187 g/mol. The quantitative estimate of drug-likeness (QED) is 0.517. The van der Waals surface area contributed by atoms with E-state index in [1.54, 1.807) is 0 Å². The lowest BCUT2D eigenvalue weighted by Crippen LogP contribution is -2.28. The zero-order valence-corrected chi connectivity index (χ0v) is 7.35. The van der Waals surface area contributed by atoms with Crippen LogP contribution in [0.25, 0.3) is 0 Å². The summed E-state index contributed by atoms with van der Waals surface area (Å²) >= 11 is 4.86. The number of aromatic amines is 1. The Hall–Kier alpha value is -0.980. The van der Waals surface area contributed by atoms with Gasteiger partial charge in [0, 0.05) is 12.3 Å². The minimum absolute atomic E-state index is 0.164. The SMILES string of the molecule is CONCn1c(=O)cc[nH]c1=S. The van der Waals surface area contributed by atoms with E-state index in [4.69, 9.17) is 12.2 Å². The number of H-pyrrole nitrogens is 1. The normalized spacial score (nSPS) is 10.1. The molecule has 0 aromatic carbocycles. The van der Waals surface area contributed by atoms with Gasteiger partial charge in [0.2, 0.25) is 0 Å². The van der Waals surface area contributed by atoms with Crippen molar-refractivity contribution < 1.29 is 4.84 Å². The Bertz CT molecular complexity index is 328. The van der Waals surface area contributed by atoms with E-state index < -0.39 is 0 Å². The molecule has 12 heavy (non-hydrogen) atoms. The number of hydrogen-bond donors (Lipinski definition) is 2. The molecule has 66 valence electrons. The van der Waals surface area contributed by atoms with Gasteiger partial charge in [0.05, 0.1) is 7.11 Å². The van der Waals surface area contributed by atoms with Crippen molar-refractivity contribution in [1.82, 2.24) is 15.0 Å². The van der Waals surface area contributed by atoms with Gasteiger partial charge in [-0.05, 0) is 12.2 Å². The number of rotatable bonds is 3. The van der Waals surface area contributed by atoms with E-state index in [9.17, 15) is 4.79 Å². The molecule has 0 fully saturated rings. The molecule has 0 bridgehead atoms. The molecule has 0 radical (unpaired) electrons. The summed E-state index contributed by atoms with van der Waals surface area (Å²) in [5.41, 5.74) is 2.36. The minimum atomic E-state index is -0.164.